The molecule has 0 spiro atoms. The summed E-state index contributed by atoms with van der Waals surface area (Å²) in [5.41, 5.74) is 1.62. The van der Waals surface area contributed by atoms with Gasteiger partial charge in [-0.05, 0) is 41.8 Å². The number of hydrogen-bond donors (Lipinski definition) is 1. The zero-order valence-corrected chi connectivity index (χ0v) is 15.5. The monoisotopic (exact) mass is 388 g/mol. The van der Waals surface area contributed by atoms with Gasteiger partial charge in [0.2, 0.25) is 5.91 Å². The molecule has 2 amide bonds. The van der Waals surface area contributed by atoms with Crippen molar-refractivity contribution in [2.24, 2.45) is 0 Å². The molecule has 140 valence electrons. The Morgan fingerprint density at radius 3 is 2.48 bits per heavy atom. The predicted molar refractivity (Wildman–Crippen MR) is 99.2 cm³/mol. The number of imide groups is 1. The van der Waals surface area contributed by atoms with Gasteiger partial charge in [0.1, 0.15) is 5.82 Å². The van der Waals surface area contributed by atoms with Gasteiger partial charge in [-0.25, -0.2) is 9.29 Å². The number of benzene rings is 1. The molecule has 3 heterocycles. The van der Waals surface area contributed by atoms with E-state index in [2.05, 4.69) is 4.98 Å². The molecule has 2 aliphatic rings. The maximum atomic E-state index is 13.4. The summed E-state index contributed by atoms with van der Waals surface area (Å²) < 4.78 is 13.4. The van der Waals surface area contributed by atoms with E-state index in [-0.39, 0.29) is 29.3 Å². The van der Waals surface area contributed by atoms with Gasteiger partial charge in [0.05, 0.1) is 30.2 Å². The molecule has 0 unspecified atom stereocenters. The molecule has 1 aromatic carbocycles. The number of halogens is 2. The number of hydrogen-bond acceptors (Lipinski definition) is 3. The van der Waals surface area contributed by atoms with Crippen LogP contribution in [0.5, 0.6) is 0 Å². The molecule has 2 aromatic rings. The topological polar surface area (TPSA) is 54.7 Å². The summed E-state index contributed by atoms with van der Waals surface area (Å²) >= 11 is 5.81. The van der Waals surface area contributed by atoms with E-state index >= 15 is 0 Å². The quantitative estimate of drug-likeness (QED) is 0.818. The van der Waals surface area contributed by atoms with Gasteiger partial charge in [-0.1, -0.05) is 11.6 Å². The van der Waals surface area contributed by atoms with Gasteiger partial charge < -0.3 is 4.90 Å². The van der Waals surface area contributed by atoms with E-state index in [4.69, 9.17) is 11.6 Å². The first kappa shape index (κ1) is 18.1. The fraction of sp³-hybridized carbons (Fsp3) is 0.350. The Balaban J connectivity index is 1.45. The van der Waals surface area contributed by atoms with Crippen molar-refractivity contribution in [3.63, 3.8) is 0 Å². The van der Waals surface area contributed by atoms with Gasteiger partial charge in [-0.15, -0.1) is 0 Å². The van der Waals surface area contributed by atoms with E-state index in [0.717, 1.165) is 35.7 Å². The van der Waals surface area contributed by atoms with Crippen molar-refractivity contribution < 1.29 is 18.9 Å². The normalized spacial score (nSPS) is 25.9. The van der Waals surface area contributed by atoms with Gasteiger partial charge in [0.15, 0.2) is 6.04 Å². The molecule has 1 atom stereocenters. The summed E-state index contributed by atoms with van der Waals surface area (Å²) in [4.78, 5) is 31.7. The van der Waals surface area contributed by atoms with Crippen molar-refractivity contribution in [3.05, 3.63) is 59.1 Å². The molecule has 0 radical (unpaired) electrons. The summed E-state index contributed by atoms with van der Waals surface area (Å²) in [6.07, 6.45) is 5.74. The van der Waals surface area contributed by atoms with Crippen LogP contribution in [0.25, 0.3) is 0 Å². The molecule has 0 saturated carbocycles. The molecule has 27 heavy (non-hydrogen) atoms. The molecule has 0 bridgehead atoms. The van der Waals surface area contributed by atoms with Gasteiger partial charge in [-0.3, -0.25) is 14.6 Å². The summed E-state index contributed by atoms with van der Waals surface area (Å²) in [6, 6.07) is 7.64. The molecule has 1 aromatic heterocycles. The standard InChI is InChI=1S/C20H19ClFN3O2/c21-16-11-15(1-2-17(16)22)25-19(26)12-18(20(25)27)24-9-5-14(6-10-24)13-3-7-23-8-4-13/h1-4,7-8,11,14,18H,5-6,9-10,12H2/p+1/t18-/m0/s1. The number of aromatic nitrogens is 1. The van der Waals surface area contributed by atoms with E-state index in [0.29, 0.717) is 11.6 Å². The number of nitrogens with zero attached hydrogens (tertiary/aromatic N) is 2. The highest BCUT2D eigenvalue weighted by Gasteiger charge is 2.46. The lowest BCUT2D eigenvalue weighted by atomic mass is 9.89. The van der Waals surface area contributed by atoms with Crippen LogP contribution < -0.4 is 9.80 Å². The number of quaternary nitrogens is 1. The average molecular weight is 389 g/mol. The zero-order chi connectivity index (χ0) is 19.0. The van der Waals surface area contributed by atoms with Crippen LogP contribution in [0.1, 0.15) is 30.7 Å². The Hall–Kier alpha value is -2.31. The molecule has 5 nitrogen and oxygen atoms in total. The molecule has 4 rings (SSSR count). The van der Waals surface area contributed by atoms with Gasteiger partial charge in [0.25, 0.3) is 5.91 Å². The van der Waals surface area contributed by atoms with Crippen LogP contribution in [-0.2, 0) is 9.59 Å². The van der Waals surface area contributed by atoms with Crippen LogP contribution in [0.2, 0.25) is 5.02 Å². The fourth-order valence-electron chi connectivity index (χ4n) is 4.15. The van der Waals surface area contributed by atoms with E-state index in [1.54, 1.807) is 12.4 Å². The zero-order valence-electron chi connectivity index (χ0n) is 14.7. The number of nitrogens with one attached hydrogen (secondary N) is 1. The van der Waals surface area contributed by atoms with Crippen molar-refractivity contribution in [1.82, 2.24) is 4.98 Å². The molecular weight excluding hydrogens is 369 g/mol. The first-order chi connectivity index (χ1) is 13.0. The lowest BCUT2D eigenvalue weighted by molar-refractivity contribution is -0.920. The smallest absolute Gasteiger partial charge is 0.292 e. The van der Waals surface area contributed by atoms with E-state index in [1.165, 1.54) is 23.8 Å². The minimum absolute atomic E-state index is 0.0953. The Morgan fingerprint density at radius 2 is 1.81 bits per heavy atom. The minimum atomic E-state index is -0.570. The third kappa shape index (κ3) is 3.47. The van der Waals surface area contributed by atoms with Gasteiger partial charge >= 0.3 is 0 Å². The van der Waals surface area contributed by atoms with Crippen LogP contribution in [-0.4, -0.2) is 35.9 Å². The maximum Gasteiger partial charge on any atom is 0.292 e. The lowest BCUT2D eigenvalue weighted by Gasteiger charge is -2.32. The number of carbonyl (C=O) groups excluding carboxylic acids is 2. The molecule has 7 heteroatoms. The molecule has 2 saturated heterocycles. The second kappa shape index (κ2) is 7.37. The van der Waals surface area contributed by atoms with Crippen molar-refractivity contribution >= 4 is 29.1 Å². The highest BCUT2D eigenvalue weighted by atomic mass is 35.5. The Morgan fingerprint density at radius 1 is 1.11 bits per heavy atom. The Bertz CT molecular complexity index is 869. The number of amides is 2. The number of likely N-dealkylation sites (tertiary alicyclic amines) is 1. The van der Waals surface area contributed by atoms with E-state index in [1.807, 2.05) is 12.1 Å². The number of rotatable bonds is 3. The number of piperidine rings is 1. The summed E-state index contributed by atoms with van der Waals surface area (Å²) in [7, 11) is 0. The number of carbonyl (C=O) groups is 2. The summed E-state index contributed by atoms with van der Waals surface area (Å²) in [6.45, 7) is 1.68. The number of pyridine rings is 1. The van der Waals surface area contributed by atoms with Gasteiger partial charge in [-0.2, -0.15) is 0 Å². The first-order valence-electron chi connectivity index (χ1n) is 9.11. The van der Waals surface area contributed by atoms with Crippen molar-refractivity contribution in [1.29, 1.82) is 0 Å². The minimum Gasteiger partial charge on any atom is -0.324 e. The van der Waals surface area contributed by atoms with Crippen molar-refractivity contribution in [2.75, 3.05) is 18.0 Å². The fourth-order valence-corrected chi connectivity index (χ4v) is 4.33. The largest absolute Gasteiger partial charge is 0.324 e. The Kier molecular flexibility index (Phi) is 4.93. The van der Waals surface area contributed by atoms with Crippen LogP contribution in [0.3, 0.4) is 0 Å². The van der Waals surface area contributed by atoms with Crippen LogP contribution in [0, 0.1) is 5.82 Å². The summed E-state index contributed by atoms with van der Waals surface area (Å²) in [5.74, 6) is -0.577. The number of anilines is 1. The third-order valence-electron chi connectivity index (χ3n) is 5.61. The van der Waals surface area contributed by atoms with E-state index < -0.39 is 5.82 Å². The highest BCUT2D eigenvalue weighted by molar-refractivity contribution is 6.31. The first-order valence-corrected chi connectivity index (χ1v) is 9.48. The predicted octanol–water partition coefficient (Wildman–Crippen LogP) is 1.97. The molecule has 0 aliphatic carbocycles. The Labute approximate surface area is 161 Å². The molecular formula is C20H20ClFN3O2+. The SMILES string of the molecule is O=C1C[C@H]([NH+]2CCC(c3ccncc3)CC2)C(=O)N1c1ccc(F)c(Cl)c1. The van der Waals surface area contributed by atoms with Crippen LogP contribution in [0.15, 0.2) is 42.7 Å². The molecule has 2 aliphatic heterocycles. The van der Waals surface area contributed by atoms with Crippen molar-refractivity contribution in [3.8, 4) is 0 Å². The van der Waals surface area contributed by atoms with Crippen molar-refractivity contribution in [2.45, 2.75) is 31.2 Å². The third-order valence-corrected chi connectivity index (χ3v) is 5.90. The maximum absolute atomic E-state index is 13.4. The van der Waals surface area contributed by atoms with Crippen LogP contribution in [0.4, 0.5) is 10.1 Å². The van der Waals surface area contributed by atoms with E-state index in [9.17, 15) is 14.0 Å². The second-order valence-electron chi connectivity index (χ2n) is 7.14. The average Bonchev–Trinajstić information content (AvgIpc) is 2.99. The highest BCUT2D eigenvalue weighted by Crippen LogP contribution is 2.28. The van der Waals surface area contributed by atoms with Crippen LogP contribution >= 0.6 is 11.6 Å². The molecule has 1 N–H and O–H groups in total. The second-order valence-corrected chi connectivity index (χ2v) is 7.54. The van der Waals surface area contributed by atoms with Gasteiger partial charge in [0, 0.05) is 25.2 Å². The summed E-state index contributed by atoms with van der Waals surface area (Å²) in [5, 5.41) is -0.0953. The lowest BCUT2D eigenvalue weighted by Crippen LogP contribution is -3.17. The molecule has 2 fully saturated rings.